The molecule has 3 aromatic rings. The van der Waals surface area contributed by atoms with E-state index in [1.807, 2.05) is 54.4 Å². The van der Waals surface area contributed by atoms with Crippen LogP contribution in [0.2, 0.25) is 0 Å². The topological polar surface area (TPSA) is 149 Å². The highest BCUT2D eigenvalue weighted by atomic mass is 16.7. The first-order valence-corrected chi connectivity index (χ1v) is 14.5. The van der Waals surface area contributed by atoms with Crippen LogP contribution in [-0.4, -0.2) is 63.4 Å². The fourth-order valence-electron chi connectivity index (χ4n) is 5.14. The number of rotatable bonds is 14. The van der Waals surface area contributed by atoms with Crippen LogP contribution in [0.1, 0.15) is 72.9 Å². The van der Waals surface area contributed by atoms with E-state index in [0.717, 1.165) is 16.7 Å². The first-order chi connectivity index (χ1) is 20.7. The molecule has 1 aliphatic heterocycles. The number of phenols is 1. The minimum Gasteiger partial charge on any atom is -0.508 e. The van der Waals surface area contributed by atoms with Crippen LogP contribution in [-0.2, 0) is 25.7 Å². The summed E-state index contributed by atoms with van der Waals surface area (Å²) in [4.78, 5) is 25.1. The number of anilines is 1. The van der Waals surface area contributed by atoms with Gasteiger partial charge < -0.3 is 40.1 Å². The van der Waals surface area contributed by atoms with Crippen LogP contribution < -0.4 is 5.32 Å². The number of unbranched alkanes of at least 4 members (excludes halogenated alkanes) is 1. The third-order valence-electron chi connectivity index (χ3n) is 7.36. The Hall–Kier alpha value is -3.80. The van der Waals surface area contributed by atoms with Crippen molar-refractivity contribution >= 4 is 17.6 Å². The number of carbonyl (C=O) groups is 2. The van der Waals surface area contributed by atoms with Gasteiger partial charge in [-0.1, -0.05) is 48.5 Å². The van der Waals surface area contributed by atoms with E-state index in [0.29, 0.717) is 43.6 Å². The number of nitrogens with one attached hydrogen (secondary N) is 1. The summed E-state index contributed by atoms with van der Waals surface area (Å²) in [6, 6.07) is 21.5. The number of aliphatic carboxylic acids is 1. The number of nitrogens with zero attached hydrogens (tertiary/aromatic N) is 1. The molecule has 1 fully saturated rings. The zero-order valence-electron chi connectivity index (χ0n) is 24.3. The summed E-state index contributed by atoms with van der Waals surface area (Å²) in [7, 11) is 1.90. The SMILES string of the molecule is CN(C[C@H]1C[C@@H](c2ccc(CO)cc2)O[C@@H](c2cccc(NC(=O)CCCCC(=O)O)c2)O1)C[C@@H](O)c1cccc(O)c1. The summed E-state index contributed by atoms with van der Waals surface area (Å²) in [6.07, 6.45) is -0.321. The van der Waals surface area contributed by atoms with Crippen LogP contribution in [0.25, 0.3) is 0 Å². The largest absolute Gasteiger partial charge is 0.508 e. The van der Waals surface area contributed by atoms with Crippen molar-refractivity contribution in [3.8, 4) is 5.75 Å². The van der Waals surface area contributed by atoms with Gasteiger partial charge in [-0.25, -0.2) is 0 Å². The van der Waals surface area contributed by atoms with Gasteiger partial charge in [0.1, 0.15) is 5.75 Å². The molecule has 0 unspecified atom stereocenters. The van der Waals surface area contributed by atoms with E-state index in [1.54, 1.807) is 30.3 Å². The molecule has 1 aliphatic rings. The summed E-state index contributed by atoms with van der Waals surface area (Å²) in [5.41, 5.74) is 3.69. The number of amides is 1. The standard InChI is InChI=1S/C33H40N2O8/c1-35(20-29(38)24-6-5-9-27(37)17-24)19-28-18-30(23-14-12-22(21-36)13-15-23)43-33(42-28)25-7-4-8-26(16-25)34-31(39)10-2-3-11-32(40)41/h4-9,12-17,28-30,33,36-38H,2-3,10-11,18-21H2,1H3,(H,34,39)(H,40,41)/t28-,29-,30+,33+/m1/s1. The Morgan fingerprint density at radius 2 is 1.72 bits per heavy atom. The van der Waals surface area contributed by atoms with Crippen LogP contribution in [0.5, 0.6) is 5.75 Å². The maximum atomic E-state index is 12.4. The number of aromatic hydroxyl groups is 1. The highest BCUT2D eigenvalue weighted by molar-refractivity contribution is 5.90. The smallest absolute Gasteiger partial charge is 0.303 e. The maximum Gasteiger partial charge on any atom is 0.303 e. The van der Waals surface area contributed by atoms with Crippen molar-refractivity contribution in [2.75, 3.05) is 25.5 Å². The van der Waals surface area contributed by atoms with E-state index in [2.05, 4.69) is 5.32 Å². The van der Waals surface area contributed by atoms with Gasteiger partial charge in [0.2, 0.25) is 5.91 Å². The minimum absolute atomic E-state index is 0.0359. The molecule has 4 atom stereocenters. The van der Waals surface area contributed by atoms with Crippen LogP contribution >= 0.6 is 0 Å². The Balaban J connectivity index is 1.45. The summed E-state index contributed by atoms with van der Waals surface area (Å²) >= 11 is 0. The van der Waals surface area contributed by atoms with Crippen LogP contribution in [0.15, 0.2) is 72.8 Å². The molecule has 1 saturated heterocycles. The van der Waals surface area contributed by atoms with Crippen LogP contribution in [0.4, 0.5) is 5.69 Å². The van der Waals surface area contributed by atoms with Crippen molar-refractivity contribution in [3.05, 3.63) is 95.1 Å². The number of hydrogen-bond acceptors (Lipinski definition) is 8. The lowest BCUT2D eigenvalue weighted by Gasteiger charge is -2.38. The fourth-order valence-corrected chi connectivity index (χ4v) is 5.14. The van der Waals surface area contributed by atoms with Crippen molar-refractivity contribution < 1.29 is 39.5 Å². The van der Waals surface area contributed by atoms with Gasteiger partial charge in [-0.3, -0.25) is 9.59 Å². The molecule has 3 aromatic carbocycles. The van der Waals surface area contributed by atoms with Gasteiger partial charge in [-0.05, 0) is 60.8 Å². The van der Waals surface area contributed by atoms with Crippen molar-refractivity contribution in [3.63, 3.8) is 0 Å². The molecule has 0 radical (unpaired) electrons. The van der Waals surface area contributed by atoms with Crippen LogP contribution in [0.3, 0.4) is 0 Å². The normalized spacial score (nSPS) is 19.2. The Morgan fingerprint density at radius 3 is 2.44 bits per heavy atom. The summed E-state index contributed by atoms with van der Waals surface area (Å²) in [5.74, 6) is -0.971. The van der Waals surface area contributed by atoms with E-state index >= 15 is 0 Å². The Kier molecular flexibility index (Phi) is 11.7. The first kappa shape index (κ1) is 32.1. The number of carboxylic acid groups (broad SMARTS) is 1. The van der Waals surface area contributed by atoms with Gasteiger partial charge in [0.15, 0.2) is 6.29 Å². The van der Waals surface area contributed by atoms with Gasteiger partial charge in [-0.15, -0.1) is 0 Å². The lowest BCUT2D eigenvalue weighted by molar-refractivity contribution is -0.252. The molecule has 43 heavy (non-hydrogen) atoms. The van der Waals surface area contributed by atoms with E-state index < -0.39 is 18.4 Å². The first-order valence-electron chi connectivity index (χ1n) is 14.5. The molecule has 5 N–H and O–H groups in total. The second-order valence-corrected chi connectivity index (χ2v) is 11.0. The Morgan fingerprint density at radius 1 is 0.977 bits per heavy atom. The molecule has 10 heteroatoms. The van der Waals surface area contributed by atoms with Gasteiger partial charge in [0.25, 0.3) is 0 Å². The number of aliphatic hydroxyl groups excluding tert-OH is 2. The highest BCUT2D eigenvalue weighted by Crippen LogP contribution is 2.38. The van der Waals surface area contributed by atoms with Crippen molar-refractivity contribution in [1.29, 1.82) is 0 Å². The number of aliphatic hydroxyl groups is 2. The van der Waals surface area contributed by atoms with Gasteiger partial charge in [0.05, 0.1) is 24.9 Å². The second-order valence-electron chi connectivity index (χ2n) is 11.0. The number of likely N-dealkylation sites (N-methyl/N-ethyl adjacent to an activating group) is 1. The summed E-state index contributed by atoms with van der Waals surface area (Å²) in [5, 5.41) is 41.7. The number of carbonyl (C=O) groups excluding carboxylic acids is 1. The van der Waals surface area contributed by atoms with Gasteiger partial charge >= 0.3 is 5.97 Å². The number of phenolic OH excluding ortho intramolecular Hbond substituents is 1. The third-order valence-corrected chi connectivity index (χ3v) is 7.36. The average molecular weight is 593 g/mol. The molecule has 1 heterocycles. The number of benzene rings is 3. The molecule has 230 valence electrons. The van der Waals surface area contributed by atoms with Gasteiger partial charge in [0, 0.05) is 43.6 Å². The quantitative estimate of drug-likeness (QED) is 0.168. The fraction of sp³-hybridized carbons (Fsp3) is 0.394. The zero-order chi connectivity index (χ0) is 30.8. The lowest BCUT2D eigenvalue weighted by atomic mass is 9.99. The second kappa shape index (κ2) is 15.6. The van der Waals surface area contributed by atoms with Crippen molar-refractivity contribution in [2.45, 2.75) is 63.3 Å². The van der Waals surface area contributed by atoms with Crippen molar-refractivity contribution in [2.24, 2.45) is 0 Å². The summed E-state index contributed by atoms with van der Waals surface area (Å²) in [6.45, 7) is 0.789. The Bertz CT molecular complexity index is 1350. The molecule has 0 spiro atoms. The molecule has 0 saturated carbocycles. The number of carboxylic acids is 1. The minimum atomic E-state index is -0.875. The van der Waals surface area contributed by atoms with Crippen molar-refractivity contribution in [1.82, 2.24) is 4.90 Å². The Labute approximate surface area is 251 Å². The molecule has 0 aromatic heterocycles. The highest BCUT2D eigenvalue weighted by Gasteiger charge is 2.33. The molecule has 4 rings (SSSR count). The average Bonchev–Trinajstić information content (AvgIpc) is 2.99. The molecular weight excluding hydrogens is 552 g/mol. The summed E-state index contributed by atoms with van der Waals surface area (Å²) < 4.78 is 12.8. The molecule has 1 amide bonds. The van der Waals surface area contributed by atoms with Gasteiger partial charge in [-0.2, -0.15) is 0 Å². The molecular formula is C33H40N2O8. The third kappa shape index (κ3) is 9.87. The predicted molar refractivity (Wildman–Crippen MR) is 160 cm³/mol. The van der Waals surface area contributed by atoms with E-state index in [9.17, 15) is 24.9 Å². The predicted octanol–water partition coefficient (Wildman–Crippen LogP) is 4.68. The van der Waals surface area contributed by atoms with E-state index in [-0.39, 0.29) is 43.3 Å². The molecule has 10 nitrogen and oxygen atoms in total. The zero-order valence-corrected chi connectivity index (χ0v) is 24.3. The molecule has 0 bridgehead atoms. The number of hydrogen-bond donors (Lipinski definition) is 5. The number of ether oxygens (including phenoxy) is 2. The van der Waals surface area contributed by atoms with Crippen LogP contribution in [0, 0.1) is 0 Å². The lowest BCUT2D eigenvalue weighted by Crippen LogP contribution is -2.39. The molecule has 0 aliphatic carbocycles. The maximum absolute atomic E-state index is 12.4. The van der Waals surface area contributed by atoms with E-state index in [1.165, 1.54) is 0 Å². The van der Waals surface area contributed by atoms with E-state index in [4.69, 9.17) is 14.6 Å². The monoisotopic (exact) mass is 592 g/mol.